The van der Waals surface area contributed by atoms with Crippen LogP contribution in [0.15, 0.2) is 78.2 Å². The lowest BCUT2D eigenvalue weighted by atomic mass is 10.1. The second kappa shape index (κ2) is 8.73. The van der Waals surface area contributed by atoms with Crippen LogP contribution in [-0.2, 0) is 0 Å². The summed E-state index contributed by atoms with van der Waals surface area (Å²) in [5, 5.41) is 7.21. The smallest absolute Gasteiger partial charge is 0.271 e. The van der Waals surface area contributed by atoms with E-state index in [2.05, 4.69) is 20.8 Å². The summed E-state index contributed by atoms with van der Waals surface area (Å²) in [6.45, 7) is 0. The van der Waals surface area contributed by atoms with Gasteiger partial charge in [0.25, 0.3) is 11.8 Å². The van der Waals surface area contributed by atoms with Gasteiger partial charge in [0, 0.05) is 34.2 Å². The summed E-state index contributed by atoms with van der Waals surface area (Å²) in [6.07, 6.45) is 4.79. The van der Waals surface area contributed by atoms with Crippen molar-refractivity contribution in [3.63, 3.8) is 0 Å². The molecule has 0 aliphatic rings. The third-order valence-electron chi connectivity index (χ3n) is 3.57. The Morgan fingerprint density at radius 2 is 1.67 bits per heavy atom. The Bertz CT molecular complexity index is 973. The average molecular weight is 379 g/mol. The molecule has 0 atom stereocenters. The number of aromatic nitrogens is 1. The van der Waals surface area contributed by atoms with Crippen LogP contribution in [0, 0.1) is 0 Å². The molecule has 0 saturated heterocycles. The van der Waals surface area contributed by atoms with E-state index in [1.54, 1.807) is 73.1 Å². The van der Waals surface area contributed by atoms with E-state index < -0.39 is 0 Å². The predicted molar refractivity (Wildman–Crippen MR) is 105 cm³/mol. The van der Waals surface area contributed by atoms with Crippen LogP contribution in [0.5, 0.6) is 0 Å². The third-order valence-corrected chi connectivity index (χ3v) is 3.83. The number of pyridine rings is 1. The van der Waals surface area contributed by atoms with Crippen LogP contribution in [-0.4, -0.2) is 23.0 Å². The Kier molecular flexibility index (Phi) is 5.91. The molecule has 1 aromatic heterocycles. The van der Waals surface area contributed by atoms with Gasteiger partial charge in [0.15, 0.2) is 0 Å². The monoisotopic (exact) mass is 378 g/mol. The van der Waals surface area contributed by atoms with Crippen molar-refractivity contribution in [3.05, 3.63) is 94.8 Å². The van der Waals surface area contributed by atoms with E-state index in [0.29, 0.717) is 21.8 Å². The fourth-order valence-electron chi connectivity index (χ4n) is 2.22. The van der Waals surface area contributed by atoms with Crippen molar-refractivity contribution in [3.8, 4) is 0 Å². The van der Waals surface area contributed by atoms with Gasteiger partial charge in [-0.3, -0.25) is 14.6 Å². The van der Waals surface area contributed by atoms with Crippen molar-refractivity contribution in [1.82, 2.24) is 10.4 Å². The summed E-state index contributed by atoms with van der Waals surface area (Å²) in [5.41, 5.74) is 4.60. The van der Waals surface area contributed by atoms with Crippen molar-refractivity contribution in [1.29, 1.82) is 0 Å². The quantitative estimate of drug-likeness (QED) is 0.524. The number of rotatable bonds is 5. The molecule has 3 rings (SSSR count). The van der Waals surface area contributed by atoms with Crippen LogP contribution in [0.4, 0.5) is 5.69 Å². The van der Waals surface area contributed by atoms with E-state index in [1.165, 1.54) is 6.21 Å². The van der Waals surface area contributed by atoms with Gasteiger partial charge in [-0.15, -0.1) is 0 Å². The molecule has 7 heteroatoms. The first-order valence-corrected chi connectivity index (χ1v) is 8.40. The fraction of sp³-hybridized carbons (Fsp3) is 0. The summed E-state index contributed by atoms with van der Waals surface area (Å²) in [6, 6.07) is 16.7. The van der Waals surface area contributed by atoms with Crippen LogP contribution in [0.25, 0.3) is 0 Å². The number of carbonyl (C=O) groups is 2. The first-order valence-electron chi connectivity index (χ1n) is 8.02. The molecule has 0 radical (unpaired) electrons. The molecular formula is C20H15ClN4O2. The van der Waals surface area contributed by atoms with Crippen molar-refractivity contribution in [2.24, 2.45) is 5.10 Å². The van der Waals surface area contributed by atoms with Gasteiger partial charge in [0.2, 0.25) is 0 Å². The molecule has 0 unspecified atom stereocenters. The highest BCUT2D eigenvalue weighted by Crippen LogP contribution is 2.14. The molecule has 0 saturated carbocycles. The van der Waals surface area contributed by atoms with Gasteiger partial charge in [0.1, 0.15) is 0 Å². The molecule has 0 aliphatic heterocycles. The van der Waals surface area contributed by atoms with Crippen LogP contribution in [0.2, 0.25) is 5.02 Å². The van der Waals surface area contributed by atoms with E-state index in [4.69, 9.17) is 11.6 Å². The lowest BCUT2D eigenvalue weighted by Gasteiger charge is -2.07. The molecule has 0 aliphatic carbocycles. The van der Waals surface area contributed by atoms with Crippen LogP contribution >= 0.6 is 11.6 Å². The molecule has 27 heavy (non-hydrogen) atoms. The van der Waals surface area contributed by atoms with E-state index in [1.807, 2.05) is 0 Å². The zero-order valence-electron chi connectivity index (χ0n) is 14.1. The molecule has 2 N–H and O–H groups in total. The first-order chi connectivity index (χ1) is 13.1. The zero-order chi connectivity index (χ0) is 19.1. The maximum absolute atomic E-state index is 12.3. The summed E-state index contributed by atoms with van der Waals surface area (Å²) in [5.74, 6) is -0.678. The number of nitrogens with zero attached hydrogens (tertiary/aromatic N) is 2. The van der Waals surface area contributed by atoms with Crippen LogP contribution in [0.1, 0.15) is 26.3 Å². The number of benzene rings is 2. The predicted octanol–water partition coefficient (Wildman–Crippen LogP) is 3.75. The minimum absolute atomic E-state index is 0.292. The van der Waals surface area contributed by atoms with Crippen molar-refractivity contribution >= 4 is 35.3 Å². The fourth-order valence-corrected chi connectivity index (χ4v) is 2.35. The van der Waals surface area contributed by atoms with Crippen LogP contribution < -0.4 is 10.7 Å². The van der Waals surface area contributed by atoms with Gasteiger partial charge in [-0.25, -0.2) is 5.43 Å². The molecule has 3 aromatic rings. The number of hydrogen-bond acceptors (Lipinski definition) is 4. The van der Waals surface area contributed by atoms with Crippen molar-refractivity contribution in [2.45, 2.75) is 0 Å². The Morgan fingerprint density at radius 1 is 0.926 bits per heavy atom. The third kappa shape index (κ3) is 5.23. The van der Waals surface area contributed by atoms with Gasteiger partial charge in [-0.05, 0) is 60.2 Å². The van der Waals surface area contributed by atoms with E-state index in [0.717, 1.165) is 5.56 Å². The summed E-state index contributed by atoms with van der Waals surface area (Å²) < 4.78 is 0. The minimum Gasteiger partial charge on any atom is -0.322 e. The molecule has 6 nitrogen and oxygen atoms in total. The second-order valence-corrected chi connectivity index (χ2v) is 5.96. The Hall–Kier alpha value is -3.51. The number of carbonyl (C=O) groups excluding carboxylic acids is 2. The molecule has 0 bridgehead atoms. The van der Waals surface area contributed by atoms with Crippen molar-refractivity contribution in [2.75, 3.05) is 5.32 Å². The molecular weight excluding hydrogens is 364 g/mol. The number of amides is 2. The maximum atomic E-state index is 12.3. The Labute approximate surface area is 160 Å². The summed E-state index contributed by atoms with van der Waals surface area (Å²) >= 11 is 5.82. The standard InChI is InChI=1S/C20H15ClN4O2/c21-17-6-4-15(5-7-17)19(26)24-18-3-1-2-16(12-18)20(27)25-23-13-14-8-10-22-11-9-14/h1-13H,(H,24,26)(H,25,27)/b23-13-. The molecule has 134 valence electrons. The van der Waals surface area contributed by atoms with Gasteiger partial charge in [-0.2, -0.15) is 5.10 Å². The maximum Gasteiger partial charge on any atom is 0.271 e. The number of halogens is 1. The molecule has 2 amide bonds. The SMILES string of the molecule is O=C(N/N=C\c1ccncc1)c1cccc(NC(=O)c2ccc(Cl)cc2)c1. The number of hydrogen-bond donors (Lipinski definition) is 2. The van der Waals surface area contributed by atoms with Gasteiger partial charge < -0.3 is 5.32 Å². The number of hydrazone groups is 1. The highest BCUT2D eigenvalue weighted by Gasteiger charge is 2.09. The normalized spacial score (nSPS) is 10.6. The van der Waals surface area contributed by atoms with Crippen molar-refractivity contribution < 1.29 is 9.59 Å². The average Bonchev–Trinajstić information content (AvgIpc) is 2.69. The molecule has 0 spiro atoms. The Balaban J connectivity index is 1.64. The largest absolute Gasteiger partial charge is 0.322 e. The number of anilines is 1. The van der Waals surface area contributed by atoms with Gasteiger partial charge >= 0.3 is 0 Å². The van der Waals surface area contributed by atoms with Crippen LogP contribution in [0.3, 0.4) is 0 Å². The molecule has 1 heterocycles. The summed E-state index contributed by atoms with van der Waals surface area (Å²) in [7, 11) is 0. The van der Waals surface area contributed by atoms with E-state index in [9.17, 15) is 9.59 Å². The lowest BCUT2D eigenvalue weighted by Crippen LogP contribution is -2.18. The Morgan fingerprint density at radius 3 is 2.41 bits per heavy atom. The number of nitrogens with one attached hydrogen (secondary N) is 2. The van der Waals surface area contributed by atoms with Gasteiger partial charge in [0.05, 0.1) is 6.21 Å². The van der Waals surface area contributed by atoms with E-state index in [-0.39, 0.29) is 11.8 Å². The minimum atomic E-state index is -0.386. The lowest BCUT2D eigenvalue weighted by molar-refractivity contribution is 0.0953. The first kappa shape index (κ1) is 18.3. The second-order valence-electron chi connectivity index (χ2n) is 5.52. The van der Waals surface area contributed by atoms with E-state index >= 15 is 0 Å². The topological polar surface area (TPSA) is 83.4 Å². The zero-order valence-corrected chi connectivity index (χ0v) is 14.9. The highest BCUT2D eigenvalue weighted by molar-refractivity contribution is 6.30. The summed E-state index contributed by atoms with van der Waals surface area (Å²) in [4.78, 5) is 28.4. The molecule has 2 aromatic carbocycles. The van der Waals surface area contributed by atoms with Gasteiger partial charge in [-0.1, -0.05) is 17.7 Å². The highest BCUT2D eigenvalue weighted by atomic mass is 35.5. The molecule has 0 fully saturated rings.